The van der Waals surface area contributed by atoms with Crippen molar-refractivity contribution in [3.63, 3.8) is 0 Å². The van der Waals surface area contributed by atoms with Gasteiger partial charge in [0.25, 0.3) is 0 Å². The SMILES string of the molecule is CCOCC(N)Cc1cc(C)nn1C. The highest BCUT2D eigenvalue weighted by Crippen LogP contribution is 2.04. The molecule has 0 saturated heterocycles. The van der Waals surface area contributed by atoms with Gasteiger partial charge in [0, 0.05) is 31.8 Å². The molecule has 4 heteroatoms. The van der Waals surface area contributed by atoms with Crippen molar-refractivity contribution in [1.82, 2.24) is 9.78 Å². The van der Waals surface area contributed by atoms with E-state index in [0.29, 0.717) is 6.61 Å². The van der Waals surface area contributed by atoms with Gasteiger partial charge in [0.05, 0.1) is 12.3 Å². The lowest BCUT2D eigenvalue weighted by Crippen LogP contribution is -2.29. The van der Waals surface area contributed by atoms with Crippen LogP contribution in [-0.4, -0.2) is 29.0 Å². The summed E-state index contributed by atoms with van der Waals surface area (Å²) in [4.78, 5) is 0. The van der Waals surface area contributed by atoms with Crippen molar-refractivity contribution in [2.24, 2.45) is 12.8 Å². The standard InChI is InChI=1S/C10H19N3O/c1-4-14-7-9(11)6-10-5-8(2)12-13(10)3/h5,9H,4,6-7,11H2,1-3H3. The molecule has 0 fully saturated rings. The van der Waals surface area contributed by atoms with Crippen molar-refractivity contribution in [3.05, 3.63) is 17.5 Å². The predicted octanol–water partition coefficient (Wildman–Crippen LogP) is 0.635. The number of nitrogens with zero attached hydrogens (tertiary/aromatic N) is 2. The summed E-state index contributed by atoms with van der Waals surface area (Å²) in [6.45, 7) is 5.29. The fourth-order valence-corrected chi connectivity index (χ4v) is 1.45. The van der Waals surface area contributed by atoms with Gasteiger partial charge in [0.1, 0.15) is 0 Å². The summed E-state index contributed by atoms with van der Waals surface area (Å²) in [6, 6.07) is 2.12. The first-order valence-electron chi connectivity index (χ1n) is 4.96. The van der Waals surface area contributed by atoms with Crippen LogP contribution in [0.25, 0.3) is 0 Å². The van der Waals surface area contributed by atoms with Crippen molar-refractivity contribution in [3.8, 4) is 0 Å². The van der Waals surface area contributed by atoms with Crippen molar-refractivity contribution in [1.29, 1.82) is 0 Å². The first-order chi connectivity index (χ1) is 6.63. The van der Waals surface area contributed by atoms with Crippen LogP contribution >= 0.6 is 0 Å². The molecular formula is C10H19N3O. The molecule has 0 aliphatic carbocycles. The molecule has 0 spiro atoms. The molecule has 0 radical (unpaired) electrons. The minimum atomic E-state index is 0.0600. The number of ether oxygens (including phenoxy) is 1. The average molecular weight is 197 g/mol. The molecule has 1 aromatic rings. The third kappa shape index (κ3) is 3.12. The molecule has 14 heavy (non-hydrogen) atoms. The minimum Gasteiger partial charge on any atom is -0.380 e. The number of nitrogens with two attached hydrogens (primary N) is 1. The van der Waals surface area contributed by atoms with Gasteiger partial charge in [-0.3, -0.25) is 4.68 Å². The quantitative estimate of drug-likeness (QED) is 0.753. The number of aryl methyl sites for hydroxylation is 2. The summed E-state index contributed by atoms with van der Waals surface area (Å²) >= 11 is 0. The lowest BCUT2D eigenvalue weighted by molar-refractivity contribution is 0.132. The smallest absolute Gasteiger partial charge is 0.0621 e. The minimum absolute atomic E-state index is 0.0600. The highest BCUT2D eigenvalue weighted by atomic mass is 16.5. The summed E-state index contributed by atoms with van der Waals surface area (Å²) in [5.74, 6) is 0. The molecule has 0 saturated carbocycles. The maximum Gasteiger partial charge on any atom is 0.0621 e. The Kier molecular flexibility index (Phi) is 4.10. The van der Waals surface area contributed by atoms with Gasteiger partial charge in [-0.05, 0) is 19.9 Å². The van der Waals surface area contributed by atoms with E-state index in [1.165, 1.54) is 0 Å². The number of hydrogen-bond acceptors (Lipinski definition) is 3. The van der Waals surface area contributed by atoms with E-state index >= 15 is 0 Å². The Balaban J connectivity index is 2.47. The van der Waals surface area contributed by atoms with Crippen LogP contribution in [0.2, 0.25) is 0 Å². The first-order valence-corrected chi connectivity index (χ1v) is 4.96. The second kappa shape index (κ2) is 5.12. The van der Waals surface area contributed by atoms with E-state index in [2.05, 4.69) is 11.2 Å². The Morgan fingerprint density at radius 1 is 1.64 bits per heavy atom. The fourth-order valence-electron chi connectivity index (χ4n) is 1.45. The van der Waals surface area contributed by atoms with Crippen LogP contribution in [0.5, 0.6) is 0 Å². The van der Waals surface area contributed by atoms with Crippen LogP contribution in [0, 0.1) is 6.92 Å². The third-order valence-corrected chi connectivity index (χ3v) is 2.11. The Morgan fingerprint density at radius 3 is 2.86 bits per heavy atom. The highest BCUT2D eigenvalue weighted by Gasteiger charge is 2.08. The molecule has 1 heterocycles. The first kappa shape index (κ1) is 11.2. The molecule has 1 aromatic heterocycles. The summed E-state index contributed by atoms with van der Waals surface area (Å²) in [5, 5.41) is 4.26. The fraction of sp³-hybridized carbons (Fsp3) is 0.700. The van der Waals surface area contributed by atoms with Gasteiger partial charge >= 0.3 is 0 Å². The van der Waals surface area contributed by atoms with Gasteiger partial charge in [-0.2, -0.15) is 5.10 Å². The molecule has 2 N–H and O–H groups in total. The second-order valence-corrected chi connectivity index (χ2v) is 3.52. The molecule has 0 amide bonds. The van der Waals surface area contributed by atoms with E-state index in [0.717, 1.165) is 24.4 Å². The Hall–Kier alpha value is -0.870. The Morgan fingerprint density at radius 2 is 2.36 bits per heavy atom. The van der Waals surface area contributed by atoms with Gasteiger partial charge < -0.3 is 10.5 Å². The third-order valence-electron chi connectivity index (χ3n) is 2.11. The molecule has 1 unspecified atom stereocenters. The highest BCUT2D eigenvalue weighted by molar-refractivity contribution is 5.09. The molecule has 0 aromatic carbocycles. The second-order valence-electron chi connectivity index (χ2n) is 3.52. The van der Waals surface area contributed by atoms with E-state index in [9.17, 15) is 0 Å². The zero-order valence-corrected chi connectivity index (χ0v) is 9.16. The molecule has 0 bridgehead atoms. The molecule has 1 atom stereocenters. The molecule has 80 valence electrons. The van der Waals surface area contributed by atoms with Crippen molar-refractivity contribution in [2.45, 2.75) is 26.3 Å². The van der Waals surface area contributed by atoms with Gasteiger partial charge in [-0.1, -0.05) is 0 Å². The maximum absolute atomic E-state index is 5.90. The molecular weight excluding hydrogens is 178 g/mol. The van der Waals surface area contributed by atoms with Crippen LogP contribution < -0.4 is 5.73 Å². The van der Waals surface area contributed by atoms with Gasteiger partial charge in [0.2, 0.25) is 0 Å². The van der Waals surface area contributed by atoms with E-state index in [4.69, 9.17) is 10.5 Å². The van der Waals surface area contributed by atoms with Crippen LogP contribution in [0.3, 0.4) is 0 Å². The largest absolute Gasteiger partial charge is 0.380 e. The summed E-state index contributed by atoms with van der Waals surface area (Å²) in [6.07, 6.45) is 0.817. The Labute approximate surface area is 85.0 Å². The monoisotopic (exact) mass is 197 g/mol. The lowest BCUT2D eigenvalue weighted by Gasteiger charge is -2.10. The average Bonchev–Trinajstić information content (AvgIpc) is 2.42. The number of rotatable bonds is 5. The van der Waals surface area contributed by atoms with Crippen LogP contribution in [0.15, 0.2) is 6.07 Å². The van der Waals surface area contributed by atoms with E-state index < -0.39 is 0 Å². The maximum atomic E-state index is 5.90. The Bertz CT molecular complexity index is 283. The zero-order valence-electron chi connectivity index (χ0n) is 9.16. The van der Waals surface area contributed by atoms with Crippen LogP contribution in [0.4, 0.5) is 0 Å². The molecule has 0 aliphatic rings. The van der Waals surface area contributed by atoms with Gasteiger partial charge in [-0.15, -0.1) is 0 Å². The van der Waals surface area contributed by atoms with Gasteiger partial charge in [0.15, 0.2) is 0 Å². The topological polar surface area (TPSA) is 53.1 Å². The van der Waals surface area contributed by atoms with Crippen molar-refractivity contribution >= 4 is 0 Å². The van der Waals surface area contributed by atoms with Crippen molar-refractivity contribution < 1.29 is 4.74 Å². The van der Waals surface area contributed by atoms with Crippen molar-refractivity contribution in [2.75, 3.05) is 13.2 Å². The molecule has 1 rings (SSSR count). The molecule has 0 aliphatic heterocycles. The van der Waals surface area contributed by atoms with E-state index in [-0.39, 0.29) is 6.04 Å². The molecule has 4 nitrogen and oxygen atoms in total. The number of aromatic nitrogens is 2. The van der Waals surface area contributed by atoms with E-state index in [1.807, 2.05) is 25.6 Å². The van der Waals surface area contributed by atoms with Crippen LogP contribution in [-0.2, 0) is 18.2 Å². The van der Waals surface area contributed by atoms with Crippen LogP contribution in [0.1, 0.15) is 18.3 Å². The summed E-state index contributed by atoms with van der Waals surface area (Å²) in [7, 11) is 1.94. The normalized spacial score (nSPS) is 13.1. The summed E-state index contributed by atoms with van der Waals surface area (Å²) in [5.41, 5.74) is 8.10. The predicted molar refractivity (Wildman–Crippen MR) is 56.1 cm³/mol. The lowest BCUT2D eigenvalue weighted by atomic mass is 10.2. The summed E-state index contributed by atoms with van der Waals surface area (Å²) < 4.78 is 7.14. The number of hydrogen-bond donors (Lipinski definition) is 1. The van der Waals surface area contributed by atoms with Gasteiger partial charge in [-0.25, -0.2) is 0 Å². The zero-order chi connectivity index (χ0) is 10.6. The van der Waals surface area contributed by atoms with E-state index in [1.54, 1.807) is 0 Å².